The number of nitrogens with zero attached hydrogens (tertiary/aromatic N) is 6. The van der Waals surface area contributed by atoms with Crippen LogP contribution in [0.5, 0.6) is 0 Å². The van der Waals surface area contributed by atoms with E-state index in [0.717, 1.165) is 60.3 Å². The predicted octanol–water partition coefficient (Wildman–Crippen LogP) is 8.32. The van der Waals surface area contributed by atoms with E-state index < -0.39 is 12.6 Å². The van der Waals surface area contributed by atoms with Crippen LogP contribution in [0.3, 0.4) is 0 Å². The van der Waals surface area contributed by atoms with Gasteiger partial charge in [-0.05, 0) is 66.8 Å². The second kappa shape index (κ2) is 13.8. The maximum atomic E-state index is 13.0. The Morgan fingerprint density at radius 1 is 1.15 bits per heavy atom. The van der Waals surface area contributed by atoms with Gasteiger partial charge < -0.3 is 15.2 Å². The number of halogens is 3. The Balaban J connectivity index is 1.10. The van der Waals surface area contributed by atoms with Crippen molar-refractivity contribution in [2.45, 2.75) is 64.3 Å². The molecule has 1 unspecified atom stereocenters. The van der Waals surface area contributed by atoms with E-state index in [1.807, 2.05) is 24.4 Å². The number of aryl methyl sites for hydroxylation is 1. The molecule has 1 atom stereocenters. The number of rotatable bonds is 11. The third-order valence-electron chi connectivity index (χ3n) is 9.01. The summed E-state index contributed by atoms with van der Waals surface area (Å²) in [7, 11) is 0. The first-order valence-electron chi connectivity index (χ1n) is 15.9. The normalized spacial score (nSPS) is 15.0. The van der Waals surface area contributed by atoms with E-state index >= 15 is 0 Å². The fourth-order valence-electron chi connectivity index (χ4n) is 6.32. The van der Waals surface area contributed by atoms with Gasteiger partial charge in [0.05, 0.1) is 11.8 Å². The number of fused-ring (bicyclic) bond motifs is 2. The molecule has 0 amide bonds. The number of piperidine rings is 1. The van der Waals surface area contributed by atoms with Crippen LogP contribution in [0.25, 0.3) is 21.1 Å². The van der Waals surface area contributed by atoms with Crippen molar-refractivity contribution in [1.82, 2.24) is 24.4 Å². The molecule has 0 spiro atoms. The van der Waals surface area contributed by atoms with Gasteiger partial charge in [0.15, 0.2) is 0 Å². The Kier molecular flexibility index (Phi) is 9.53. The molecule has 8 nitrogen and oxygen atoms in total. The predicted molar refractivity (Wildman–Crippen MR) is 186 cm³/mol. The first-order chi connectivity index (χ1) is 23.0. The number of hydrogen-bond acceptors (Lipinski definition) is 8. The number of aromatic nitrogens is 4. The molecule has 2 N–H and O–H groups in total. The molecule has 0 saturated carbocycles. The monoisotopic (exact) mass is 670 g/mol. The smallest absolute Gasteiger partial charge is 0.367 e. The highest BCUT2D eigenvalue weighted by Gasteiger charge is 2.29. The number of nitriles is 1. The molecule has 1 aliphatic heterocycles. The number of benzene rings is 1. The Morgan fingerprint density at radius 2 is 1.94 bits per heavy atom. The summed E-state index contributed by atoms with van der Waals surface area (Å²) < 4.78 is 41.0. The van der Waals surface area contributed by atoms with E-state index in [2.05, 4.69) is 80.3 Å². The lowest BCUT2D eigenvalue weighted by atomic mass is 10.0. The minimum absolute atomic E-state index is 0.131. The molecule has 4 aromatic heterocycles. The molecule has 1 fully saturated rings. The molecule has 1 aromatic carbocycles. The van der Waals surface area contributed by atoms with Crippen molar-refractivity contribution in [3.05, 3.63) is 101 Å². The van der Waals surface area contributed by atoms with Crippen molar-refractivity contribution in [2.24, 2.45) is 0 Å². The zero-order valence-corrected chi connectivity index (χ0v) is 27.8. The Hall–Kier alpha value is -4.73. The summed E-state index contributed by atoms with van der Waals surface area (Å²) in [6.07, 6.45) is 1.45. The first-order valence-corrected chi connectivity index (χ1v) is 16.7. The lowest BCUT2D eigenvalue weighted by Gasteiger charge is -2.33. The van der Waals surface area contributed by atoms with Gasteiger partial charge in [-0.2, -0.15) is 18.4 Å². The number of allylic oxidation sites excluding steroid dienone is 1. The van der Waals surface area contributed by atoms with Crippen molar-refractivity contribution in [3.63, 3.8) is 0 Å². The Morgan fingerprint density at radius 3 is 2.62 bits per heavy atom. The van der Waals surface area contributed by atoms with Crippen LogP contribution in [0.15, 0.2) is 73.9 Å². The second-order valence-corrected chi connectivity index (χ2v) is 13.5. The van der Waals surface area contributed by atoms with Crippen LogP contribution in [0.2, 0.25) is 0 Å². The fourth-order valence-corrected chi connectivity index (χ4v) is 7.35. The third-order valence-corrected chi connectivity index (χ3v) is 10.0. The quantitative estimate of drug-likeness (QED) is 0.137. The third kappa shape index (κ3) is 7.37. The summed E-state index contributed by atoms with van der Waals surface area (Å²) in [5, 5.41) is 18.3. The van der Waals surface area contributed by atoms with Crippen LogP contribution in [-0.2, 0) is 19.5 Å². The Labute approximate surface area is 281 Å². The highest BCUT2D eigenvalue weighted by molar-refractivity contribution is 7.18. The number of anilines is 2. The lowest BCUT2D eigenvalue weighted by molar-refractivity contribution is -0.126. The summed E-state index contributed by atoms with van der Waals surface area (Å²) in [4.78, 5) is 16.3. The molecular weight excluding hydrogens is 634 g/mol. The lowest BCUT2D eigenvalue weighted by Crippen LogP contribution is -2.39. The second-order valence-electron chi connectivity index (χ2n) is 12.4. The molecule has 0 aliphatic carbocycles. The van der Waals surface area contributed by atoms with Crippen LogP contribution in [0.1, 0.15) is 52.9 Å². The van der Waals surface area contributed by atoms with E-state index in [0.29, 0.717) is 39.8 Å². The zero-order valence-electron chi connectivity index (χ0n) is 26.9. The molecule has 5 heterocycles. The number of hydrogen-bond donors (Lipinski definition) is 2. The minimum Gasteiger partial charge on any atom is -0.367 e. The molecule has 1 aliphatic rings. The molecule has 5 aromatic rings. The summed E-state index contributed by atoms with van der Waals surface area (Å²) in [6, 6.07) is 14.4. The highest BCUT2D eigenvalue weighted by Crippen LogP contribution is 2.34. The van der Waals surface area contributed by atoms with Crippen molar-refractivity contribution >= 4 is 44.1 Å². The minimum atomic E-state index is -4.26. The zero-order chi connectivity index (χ0) is 34.0. The maximum Gasteiger partial charge on any atom is 0.393 e. The van der Waals surface area contributed by atoms with E-state index in [-0.39, 0.29) is 16.8 Å². The molecule has 48 heavy (non-hydrogen) atoms. The SMILES string of the molecule is C=CC(=C)Nc1ccc(C(C)Cn2c(C#N)cc3c(C)c(CN4CCC(Nc5ncnc6sc(CC(F)(F)F)cc56)CC4)ccc32)cn1. The van der Waals surface area contributed by atoms with Crippen molar-refractivity contribution in [1.29, 1.82) is 5.26 Å². The van der Waals surface area contributed by atoms with E-state index in [9.17, 15) is 18.4 Å². The van der Waals surface area contributed by atoms with Crippen LogP contribution in [0.4, 0.5) is 24.8 Å². The van der Waals surface area contributed by atoms with Gasteiger partial charge in [-0.3, -0.25) is 4.90 Å². The average Bonchev–Trinajstić information content (AvgIpc) is 3.64. The van der Waals surface area contributed by atoms with Crippen molar-refractivity contribution in [2.75, 3.05) is 23.7 Å². The standard InChI is InChI=1S/C36H37F3N8S/c1-5-23(3)44-33-9-7-25(18-41-33)22(2)19-47-28(17-40)14-30-24(4)26(6-8-32(30)47)20-46-12-10-27(11-13-46)45-34-31-15-29(16-36(37,38)39)48-35(31)43-21-42-34/h5-9,14-15,18,21-22,27H,1,3,10-13,16,19-20H2,2,4H3,(H,41,44)(H,42,43,45). The van der Waals surface area contributed by atoms with E-state index in [4.69, 9.17) is 0 Å². The summed E-state index contributed by atoms with van der Waals surface area (Å²) in [6.45, 7) is 15.0. The Bertz CT molecular complexity index is 2000. The summed E-state index contributed by atoms with van der Waals surface area (Å²) in [5.41, 5.74) is 5.83. The topological polar surface area (TPSA) is 94.7 Å². The van der Waals surface area contributed by atoms with Gasteiger partial charge in [0.1, 0.15) is 34.6 Å². The molecule has 0 bridgehead atoms. The van der Waals surface area contributed by atoms with Crippen molar-refractivity contribution in [3.8, 4) is 6.07 Å². The maximum absolute atomic E-state index is 13.0. The number of nitrogens with one attached hydrogen (secondary N) is 2. The fraction of sp³-hybridized carbons (Fsp3) is 0.333. The number of pyridine rings is 1. The number of thiophene rings is 1. The number of alkyl halides is 3. The summed E-state index contributed by atoms with van der Waals surface area (Å²) in [5.74, 6) is 1.43. The molecule has 6 rings (SSSR count). The average molecular weight is 671 g/mol. The van der Waals surface area contributed by atoms with E-state index in [1.165, 1.54) is 17.5 Å². The van der Waals surface area contributed by atoms with Crippen LogP contribution in [0, 0.1) is 18.3 Å². The van der Waals surface area contributed by atoms with Crippen LogP contribution < -0.4 is 10.6 Å². The van der Waals surface area contributed by atoms with Gasteiger partial charge in [0.2, 0.25) is 0 Å². The molecular formula is C36H37F3N8S. The van der Waals surface area contributed by atoms with Gasteiger partial charge in [0.25, 0.3) is 0 Å². The van der Waals surface area contributed by atoms with Crippen LogP contribution >= 0.6 is 11.3 Å². The van der Waals surface area contributed by atoms with Gasteiger partial charge >= 0.3 is 6.18 Å². The summed E-state index contributed by atoms with van der Waals surface area (Å²) >= 11 is 1.06. The number of likely N-dealkylation sites (tertiary alicyclic amines) is 1. The first kappa shape index (κ1) is 33.2. The molecule has 12 heteroatoms. The van der Waals surface area contributed by atoms with Gasteiger partial charge in [-0.15, -0.1) is 11.3 Å². The molecule has 248 valence electrons. The molecule has 1 saturated heterocycles. The van der Waals surface area contributed by atoms with Gasteiger partial charge in [0, 0.05) is 65.8 Å². The highest BCUT2D eigenvalue weighted by atomic mass is 32.1. The van der Waals surface area contributed by atoms with Gasteiger partial charge in [-0.25, -0.2) is 15.0 Å². The largest absolute Gasteiger partial charge is 0.393 e. The van der Waals surface area contributed by atoms with Gasteiger partial charge in [-0.1, -0.05) is 32.2 Å². The van der Waals surface area contributed by atoms with Crippen molar-refractivity contribution < 1.29 is 13.2 Å². The van der Waals surface area contributed by atoms with Crippen LogP contribution in [-0.4, -0.2) is 49.7 Å². The molecule has 0 radical (unpaired) electrons. The van der Waals surface area contributed by atoms with E-state index in [1.54, 1.807) is 12.1 Å².